The number of aliphatic carboxylic acids is 1. The van der Waals surface area contributed by atoms with Gasteiger partial charge in [-0.25, -0.2) is 4.79 Å². The van der Waals surface area contributed by atoms with Crippen LogP contribution in [-0.2, 0) is 9.59 Å². The molecule has 4 rings (SSSR count). The summed E-state index contributed by atoms with van der Waals surface area (Å²) in [5.41, 5.74) is 2.08. The van der Waals surface area contributed by atoms with E-state index in [1.165, 1.54) is 31.8 Å². The standard InChI is InChI=1S/C27H40O3/c1-17(7-10-23(29)30)18-11-15-27(6)20-8-9-21-24(2,3)22(28)13-14-25(21,4)19(20)12-16-26(18,27)5/h7-8,10,17-19,21H,9,11-16H2,1-6H3,(H,29,30). The highest BCUT2D eigenvalue weighted by Gasteiger charge is 2.65. The van der Waals surface area contributed by atoms with Crippen molar-refractivity contribution in [1.82, 2.24) is 0 Å². The summed E-state index contributed by atoms with van der Waals surface area (Å²) < 4.78 is 0. The zero-order valence-electron chi connectivity index (χ0n) is 19.8. The average molecular weight is 413 g/mol. The van der Waals surface area contributed by atoms with Gasteiger partial charge in [-0.2, -0.15) is 0 Å². The van der Waals surface area contributed by atoms with Gasteiger partial charge in [0, 0.05) is 17.9 Å². The fraction of sp³-hybridized carbons (Fsp3) is 0.778. The van der Waals surface area contributed by atoms with Crippen molar-refractivity contribution in [3.05, 3.63) is 23.8 Å². The summed E-state index contributed by atoms with van der Waals surface area (Å²) >= 11 is 0. The summed E-state index contributed by atoms with van der Waals surface area (Å²) in [6.07, 6.45) is 13.4. The molecule has 4 aliphatic rings. The number of carboxylic acids is 1. The largest absolute Gasteiger partial charge is 0.478 e. The third-order valence-electron chi connectivity index (χ3n) is 10.8. The second kappa shape index (κ2) is 6.81. The summed E-state index contributed by atoms with van der Waals surface area (Å²) in [4.78, 5) is 23.8. The number of fused-ring (bicyclic) bond motifs is 5. The first kappa shape index (κ1) is 21.8. The topological polar surface area (TPSA) is 54.4 Å². The highest BCUT2D eigenvalue weighted by Crippen LogP contribution is 2.73. The summed E-state index contributed by atoms with van der Waals surface area (Å²) in [6.45, 7) is 14.0. The van der Waals surface area contributed by atoms with Gasteiger partial charge >= 0.3 is 5.97 Å². The third kappa shape index (κ3) is 2.76. The predicted molar refractivity (Wildman–Crippen MR) is 120 cm³/mol. The number of allylic oxidation sites excluding steroid dienone is 3. The van der Waals surface area contributed by atoms with Gasteiger partial charge in [-0.05, 0) is 78.4 Å². The second-order valence-corrected chi connectivity index (χ2v) is 12.1. The van der Waals surface area contributed by atoms with E-state index in [4.69, 9.17) is 5.11 Å². The Kier molecular flexibility index (Phi) is 4.96. The molecular formula is C27H40O3. The normalized spacial score (nSPS) is 46.0. The highest BCUT2D eigenvalue weighted by atomic mass is 16.4. The molecule has 0 bridgehead atoms. The quantitative estimate of drug-likeness (QED) is 0.429. The molecule has 0 aromatic carbocycles. The lowest BCUT2D eigenvalue weighted by Gasteiger charge is -2.63. The lowest BCUT2D eigenvalue weighted by molar-refractivity contribution is -0.145. The van der Waals surface area contributed by atoms with E-state index in [-0.39, 0.29) is 27.6 Å². The minimum absolute atomic E-state index is 0.186. The molecule has 3 nitrogen and oxygen atoms in total. The van der Waals surface area contributed by atoms with E-state index in [9.17, 15) is 9.59 Å². The maximum atomic E-state index is 12.7. The minimum Gasteiger partial charge on any atom is -0.478 e. The van der Waals surface area contributed by atoms with Crippen LogP contribution in [0.3, 0.4) is 0 Å². The molecule has 0 saturated heterocycles. The Bertz CT molecular complexity index is 820. The van der Waals surface area contributed by atoms with Crippen LogP contribution in [0.25, 0.3) is 0 Å². The molecule has 0 amide bonds. The second-order valence-electron chi connectivity index (χ2n) is 12.1. The molecule has 0 aromatic rings. The summed E-state index contributed by atoms with van der Waals surface area (Å²) in [5.74, 6) is 1.44. The number of carbonyl (C=O) groups excluding carboxylic acids is 1. The maximum Gasteiger partial charge on any atom is 0.327 e. The van der Waals surface area contributed by atoms with Crippen molar-refractivity contribution in [3.8, 4) is 0 Å². The van der Waals surface area contributed by atoms with Crippen LogP contribution in [0.2, 0.25) is 0 Å². The lowest BCUT2D eigenvalue weighted by Crippen LogP contribution is -2.57. The van der Waals surface area contributed by atoms with Gasteiger partial charge in [0.25, 0.3) is 0 Å². The summed E-state index contributed by atoms with van der Waals surface area (Å²) in [6, 6.07) is 0. The first-order valence-electron chi connectivity index (χ1n) is 12.0. The lowest BCUT2D eigenvalue weighted by atomic mass is 9.41. The summed E-state index contributed by atoms with van der Waals surface area (Å²) in [7, 11) is 0. The van der Waals surface area contributed by atoms with Crippen molar-refractivity contribution in [1.29, 1.82) is 0 Å². The van der Waals surface area contributed by atoms with Gasteiger partial charge in [0.15, 0.2) is 0 Å². The van der Waals surface area contributed by atoms with Crippen LogP contribution in [-0.4, -0.2) is 16.9 Å². The van der Waals surface area contributed by atoms with Crippen molar-refractivity contribution in [3.63, 3.8) is 0 Å². The molecule has 30 heavy (non-hydrogen) atoms. The highest BCUT2D eigenvalue weighted by molar-refractivity contribution is 5.85. The van der Waals surface area contributed by atoms with Crippen LogP contribution in [0.5, 0.6) is 0 Å². The molecule has 0 spiro atoms. The van der Waals surface area contributed by atoms with Gasteiger partial charge in [-0.1, -0.05) is 59.3 Å². The van der Waals surface area contributed by atoms with Crippen LogP contribution in [0.1, 0.15) is 86.5 Å². The van der Waals surface area contributed by atoms with Crippen LogP contribution in [0.15, 0.2) is 23.8 Å². The van der Waals surface area contributed by atoms with Crippen molar-refractivity contribution in [2.24, 2.45) is 45.3 Å². The van der Waals surface area contributed by atoms with E-state index in [1.54, 1.807) is 5.57 Å². The first-order valence-corrected chi connectivity index (χ1v) is 12.0. The van der Waals surface area contributed by atoms with Gasteiger partial charge in [-0.15, -0.1) is 0 Å². The molecular weight excluding hydrogens is 372 g/mol. The van der Waals surface area contributed by atoms with E-state index in [0.717, 1.165) is 19.3 Å². The molecule has 166 valence electrons. The summed E-state index contributed by atoms with van der Waals surface area (Å²) in [5, 5.41) is 9.09. The fourth-order valence-electron chi connectivity index (χ4n) is 8.76. The number of Topliss-reactive ketones (excluding diaryl/α,β-unsaturated/α-hetero) is 1. The SMILES string of the molecule is CC(C=CC(=O)O)C1CCC2(C)C3=CCC4C(C)(C)C(=O)CCC4(C)C3CCC12C. The number of carbonyl (C=O) groups is 2. The van der Waals surface area contributed by atoms with Crippen molar-refractivity contribution in [2.45, 2.75) is 86.5 Å². The predicted octanol–water partition coefficient (Wildman–Crippen LogP) is 6.44. The molecule has 3 saturated carbocycles. The first-order chi connectivity index (χ1) is 13.9. The molecule has 7 unspecified atom stereocenters. The minimum atomic E-state index is -0.847. The molecule has 0 aromatic heterocycles. The van der Waals surface area contributed by atoms with Crippen molar-refractivity contribution < 1.29 is 14.7 Å². The third-order valence-corrected chi connectivity index (χ3v) is 10.8. The Morgan fingerprint density at radius 1 is 1.13 bits per heavy atom. The maximum absolute atomic E-state index is 12.7. The Morgan fingerprint density at radius 2 is 1.83 bits per heavy atom. The molecule has 3 fully saturated rings. The Balaban J connectivity index is 1.70. The van der Waals surface area contributed by atoms with Gasteiger partial charge in [0.05, 0.1) is 0 Å². The van der Waals surface area contributed by atoms with Crippen molar-refractivity contribution in [2.75, 3.05) is 0 Å². The van der Waals surface area contributed by atoms with Crippen LogP contribution < -0.4 is 0 Å². The fourth-order valence-corrected chi connectivity index (χ4v) is 8.76. The number of carboxylic acid groups (broad SMARTS) is 1. The molecule has 0 aliphatic heterocycles. The van der Waals surface area contributed by atoms with Crippen LogP contribution in [0, 0.1) is 45.3 Å². The number of hydrogen-bond acceptors (Lipinski definition) is 2. The molecule has 4 aliphatic carbocycles. The average Bonchev–Trinajstić information content (AvgIpc) is 2.95. The number of ketones is 1. The smallest absolute Gasteiger partial charge is 0.327 e. The molecule has 1 N–H and O–H groups in total. The Hall–Kier alpha value is -1.38. The number of rotatable bonds is 3. The number of hydrogen-bond donors (Lipinski definition) is 1. The zero-order chi connectivity index (χ0) is 22.1. The molecule has 7 atom stereocenters. The zero-order valence-corrected chi connectivity index (χ0v) is 19.8. The van der Waals surface area contributed by atoms with E-state index < -0.39 is 5.97 Å². The molecule has 3 heteroatoms. The Labute approximate surface area is 182 Å². The van der Waals surface area contributed by atoms with E-state index in [0.29, 0.717) is 23.5 Å². The van der Waals surface area contributed by atoms with Gasteiger partial charge < -0.3 is 5.11 Å². The van der Waals surface area contributed by atoms with Gasteiger partial charge in [0.1, 0.15) is 5.78 Å². The van der Waals surface area contributed by atoms with E-state index >= 15 is 0 Å². The molecule has 0 heterocycles. The van der Waals surface area contributed by atoms with E-state index in [2.05, 4.69) is 47.6 Å². The molecule has 0 radical (unpaired) electrons. The van der Waals surface area contributed by atoms with E-state index in [1.807, 2.05) is 6.08 Å². The van der Waals surface area contributed by atoms with Gasteiger partial charge in [-0.3, -0.25) is 4.79 Å². The van der Waals surface area contributed by atoms with Crippen LogP contribution >= 0.6 is 0 Å². The monoisotopic (exact) mass is 412 g/mol. The van der Waals surface area contributed by atoms with Crippen LogP contribution in [0.4, 0.5) is 0 Å². The Morgan fingerprint density at radius 3 is 2.50 bits per heavy atom. The van der Waals surface area contributed by atoms with Crippen molar-refractivity contribution >= 4 is 11.8 Å². The van der Waals surface area contributed by atoms with Gasteiger partial charge in [0.2, 0.25) is 0 Å².